The highest BCUT2D eigenvalue weighted by Crippen LogP contribution is 2.30. The number of methoxy groups -OCH3 is 1. The van der Waals surface area contributed by atoms with Gasteiger partial charge >= 0.3 is 6.18 Å². The van der Waals surface area contributed by atoms with Gasteiger partial charge in [0.1, 0.15) is 5.69 Å². The Bertz CT molecular complexity index is 814. The van der Waals surface area contributed by atoms with Crippen LogP contribution in [0.4, 0.5) is 18.9 Å². The van der Waals surface area contributed by atoms with Gasteiger partial charge in [-0.2, -0.15) is 18.3 Å². The smallest absolute Gasteiger partial charge is 0.399 e. The fraction of sp³-hybridized carbons (Fsp3) is 0.474. The predicted molar refractivity (Wildman–Crippen MR) is 97.4 cm³/mol. The lowest BCUT2D eigenvalue weighted by molar-refractivity contribution is -0.141. The standard InChI is InChI=1S/C19H23F3N4O2/c1-28-15-7-5-14(6-8-15)26(11-12-3-2-4-13(23)9-12)18(27)16-10-17(25-24-16)19(20,21)22/h2-4,9-10,14-15H,5-8,11,23H2,1H3,(H,24,25)/t14-,15-. The van der Waals surface area contributed by atoms with Crippen molar-refractivity contribution in [3.8, 4) is 0 Å². The Balaban J connectivity index is 1.84. The van der Waals surface area contributed by atoms with Crippen LogP contribution in [0.15, 0.2) is 30.3 Å². The highest BCUT2D eigenvalue weighted by Gasteiger charge is 2.36. The van der Waals surface area contributed by atoms with Crippen LogP contribution in [-0.4, -0.2) is 40.3 Å². The molecule has 1 fully saturated rings. The van der Waals surface area contributed by atoms with Crippen molar-refractivity contribution in [1.29, 1.82) is 0 Å². The van der Waals surface area contributed by atoms with Crippen molar-refractivity contribution in [1.82, 2.24) is 15.1 Å². The summed E-state index contributed by atoms with van der Waals surface area (Å²) < 4.78 is 44.0. The van der Waals surface area contributed by atoms with E-state index in [1.54, 1.807) is 30.2 Å². The van der Waals surface area contributed by atoms with Gasteiger partial charge in [0.05, 0.1) is 6.10 Å². The van der Waals surface area contributed by atoms with Crippen molar-refractivity contribution in [2.75, 3.05) is 12.8 Å². The molecule has 9 heteroatoms. The summed E-state index contributed by atoms with van der Waals surface area (Å²) >= 11 is 0. The van der Waals surface area contributed by atoms with E-state index in [-0.39, 0.29) is 24.4 Å². The molecule has 0 radical (unpaired) electrons. The second kappa shape index (κ2) is 8.22. The van der Waals surface area contributed by atoms with Crippen LogP contribution in [-0.2, 0) is 17.5 Å². The summed E-state index contributed by atoms with van der Waals surface area (Å²) in [5.41, 5.74) is 5.92. The Kier molecular flexibility index (Phi) is 5.93. The lowest BCUT2D eigenvalue weighted by Gasteiger charge is -2.36. The number of nitrogens with two attached hydrogens (primary N) is 1. The molecule has 2 aromatic rings. The molecule has 1 heterocycles. The highest BCUT2D eigenvalue weighted by molar-refractivity contribution is 5.92. The third kappa shape index (κ3) is 4.64. The second-order valence-corrected chi connectivity index (χ2v) is 7.01. The Morgan fingerprint density at radius 2 is 2.00 bits per heavy atom. The molecule has 0 saturated heterocycles. The topological polar surface area (TPSA) is 84.2 Å². The zero-order valence-corrected chi connectivity index (χ0v) is 15.5. The molecule has 1 aliphatic rings. The molecule has 3 N–H and O–H groups in total. The largest absolute Gasteiger partial charge is 0.435 e. The Morgan fingerprint density at radius 1 is 1.29 bits per heavy atom. The van der Waals surface area contributed by atoms with E-state index in [4.69, 9.17) is 10.5 Å². The summed E-state index contributed by atoms with van der Waals surface area (Å²) in [6.07, 6.45) is -1.45. The van der Waals surface area contributed by atoms with Gasteiger partial charge in [0.25, 0.3) is 5.91 Å². The van der Waals surface area contributed by atoms with Gasteiger partial charge in [-0.05, 0) is 43.4 Å². The molecule has 0 atom stereocenters. The molecule has 0 spiro atoms. The minimum absolute atomic E-state index is 0.0991. The van der Waals surface area contributed by atoms with Crippen LogP contribution in [0, 0.1) is 0 Å². The van der Waals surface area contributed by atoms with Crippen LogP contribution < -0.4 is 5.73 Å². The predicted octanol–water partition coefficient (Wildman–Crippen LogP) is 3.61. The van der Waals surface area contributed by atoms with Gasteiger partial charge in [-0.15, -0.1) is 0 Å². The molecule has 1 saturated carbocycles. The number of carbonyl (C=O) groups is 1. The van der Waals surface area contributed by atoms with Gasteiger partial charge in [0.15, 0.2) is 5.69 Å². The maximum Gasteiger partial charge on any atom is 0.435 e. The Labute approximate surface area is 160 Å². The number of hydrogen-bond acceptors (Lipinski definition) is 4. The first-order chi connectivity index (χ1) is 13.3. The number of rotatable bonds is 5. The fourth-order valence-corrected chi connectivity index (χ4v) is 3.58. The molecule has 0 unspecified atom stereocenters. The average molecular weight is 396 g/mol. The van der Waals surface area contributed by atoms with Crippen molar-refractivity contribution in [3.63, 3.8) is 0 Å². The number of carbonyl (C=O) groups excluding carboxylic acids is 1. The van der Waals surface area contributed by atoms with E-state index in [1.165, 1.54) is 0 Å². The van der Waals surface area contributed by atoms with E-state index in [0.717, 1.165) is 24.5 Å². The van der Waals surface area contributed by atoms with Crippen molar-refractivity contribution in [3.05, 3.63) is 47.3 Å². The number of ether oxygens (including phenoxy) is 1. The first kappa shape index (κ1) is 20.2. The highest BCUT2D eigenvalue weighted by atomic mass is 19.4. The number of H-pyrrole nitrogens is 1. The monoisotopic (exact) mass is 396 g/mol. The van der Waals surface area contributed by atoms with Gasteiger partial charge in [-0.25, -0.2) is 0 Å². The van der Waals surface area contributed by atoms with Crippen LogP contribution in [0.1, 0.15) is 47.4 Å². The third-order valence-electron chi connectivity index (χ3n) is 5.08. The summed E-state index contributed by atoms with van der Waals surface area (Å²) in [5.74, 6) is -0.508. The van der Waals surface area contributed by atoms with E-state index in [9.17, 15) is 18.0 Å². The zero-order chi connectivity index (χ0) is 20.3. The SMILES string of the molecule is CO[C@H]1CC[C@H](N(Cc2cccc(N)c2)C(=O)c2cc(C(F)(F)F)n[nH]2)CC1. The second-order valence-electron chi connectivity index (χ2n) is 7.01. The number of halogens is 3. The zero-order valence-electron chi connectivity index (χ0n) is 15.5. The first-order valence-electron chi connectivity index (χ1n) is 9.08. The Morgan fingerprint density at radius 3 is 2.57 bits per heavy atom. The number of anilines is 1. The van der Waals surface area contributed by atoms with Crippen molar-refractivity contribution in [2.24, 2.45) is 0 Å². The molecule has 3 rings (SSSR count). The first-order valence-corrected chi connectivity index (χ1v) is 9.08. The molecule has 28 heavy (non-hydrogen) atoms. The average Bonchev–Trinajstić information content (AvgIpc) is 3.16. The van der Waals surface area contributed by atoms with Crippen LogP contribution in [0.2, 0.25) is 0 Å². The minimum Gasteiger partial charge on any atom is -0.399 e. The van der Waals surface area contributed by atoms with Crippen LogP contribution >= 0.6 is 0 Å². The van der Waals surface area contributed by atoms with Gasteiger partial charge in [0.2, 0.25) is 0 Å². The number of benzene rings is 1. The minimum atomic E-state index is -4.61. The Hall–Kier alpha value is -2.55. The lowest BCUT2D eigenvalue weighted by Crippen LogP contribution is -2.43. The van der Waals surface area contributed by atoms with Crippen molar-refractivity contribution in [2.45, 2.75) is 50.6 Å². The molecular formula is C19H23F3N4O2. The van der Waals surface area contributed by atoms with Gasteiger partial charge < -0.3 is 15.4 Å². The molecular weight excluding hydrogens is 373 g/mol. The van der Waals surface area contributed by atoms with E-state index in [0.29, 0.717) is 18.5 Å². The van der Waals surface area contributed by atoms with Gasteiger partial charge in [0, 0.05) is 31.5 Å². The number of nitrogens with one attached hydrogen (secondary N) is 1. The maximum atomic E-state index is 13.0. The molecule has 152 valence electrons. The summed E-state index contributed by atoms with van der Waals surface area (Å²) in [5, 5.41) is 5.48. The molecule has 1 aromatic carbocycles. The fourth-order valence-electron chi connectivity index (χ4n) is 3.58. The normalized spacial score (nSPS) is 20.1. The number of hydrogen-bond donors (Lipinski definition) is 2. The lowest BCUT2D eigenvalue weighted by atomic mass is 9.91. The van der Waals surface area contributed by atoms with E-state index in [2.05, 4.69) is 10.2 Å². The molecule has 1 aromatic heterocycles. The van der Waals surface area contributed by atoms with Gasteiger partial charge in [-0.1, -0.05) is 12.1 Å². The van der Waals surface area contributed by atoms with Gasteiger partial charge in [-0.3, -0.25) is 9.89 Å². The van der Waals surface area contributed by atoms with Crippen LogP contribution in [0.5, 0.6) is 0 Å². The quantitative estimate of drug-likeness (QED) is 0.757. The molecule has 1 amide bonds. The number of nitrogen functional groups attached to an aromatic ring is 1. The van der Waals surface area contributed by atoms with Crippen molar-refractivity contribution >= 4 is 11.6 Å². The molecule has 0 aliphatic heterocycles. The van der Waals surface area contributed by atoms with E-state index >= 15 is 0 Å². The van der Waals surface area contributed by atoms with E-state index in [1.807, 2.05) is 6.07 Å². The van der Waals surface area contributed by atoms with Crippen molar-refractivity contribution < 1.29 is 22.7 Å². The third-order valence-corrected chi connectivity index (χ3v) is 5.08. The maximum absolute atomic E-state index is 13.0. The summed E-state index contributed by atoms with van der Waals surface area (Å²) in [6, 6.07) is 7.78. The summed E-state index contributed by atoms with van der Waals surface area (Å²) in [6.45, 7) is 0.257. The summed E-state index contributed by atoms with van der Waals surface area (Å²) in [4.78, 5) is 14.7. The molecule has 6 nitrogen and oxygen atoms in total. The number of aromatic amines is 1. The number of aromatic nitrogens is 2. The van der Waals surface area contributed by atoms with E-state index < -0.39 is 17.8 Å². The molecule has 1 aliphatic carbocycles. The number of amides is 1. The molecule has 0 bridgehead atoms. The van der Waals surface area contributed by atoms with Crippen LogP contribution in [0.25, 0.3) is 0 Å². The summed E-state index contributed by atoms with van der Waals surface area (Å²) in [7, 11) is 1.66. The number of nitrogens with zero attached hydrogens (tertiary/aromatic N) is 2. The number of alkyl halides is 3. The van der Waals surface area contributed by atoms with Crippen LogP contribution in [0.3, 0.4) is 0 Å².